The lowest BCUT2D eigenvalue weighted by molar-refractivity contribution is -0.116. The molecule has 4 nitrogen and oxygen atoms in total. The fourth-order valence-electron chi connectivity index (χ4n) is 2.47. The smallest absolute Gasteiger partial charge is 0.252 e. The Morgan fingerprint density at radius 2 is 1.79 bits per heavy atom. The number of rotatable bonds is 8. The molecule has 0 radical (unpaired) electrons. The van der Waals surface area contributed by atoms with Gasteiger partial charge in [0.15, 0.2) is 0 Å². The van der Waals surface area contributed by atoms with Gasteiger partial charge in [0.05, 0.1) is 5.56 Å². The molecule has 0 aliphatic carbocycles. The topological polar surface area (TPSA) is 58.2 Å². The first-order valence-corrected chi connectivity index (χ1v) is 11.4. The molecule has 3 aromatic rings. The van der Waals surface area contributed by atoms with E-state index in [0.717, 1.165) is 20.8 Å². The molecule has 3 rings (SSSR count). The number of nitrogens with one attached hydrogen (secondary N) is 2. The molecule has 0 atom stereocenters. The van der Waals surface area contributed by atoms with Crippen LogP contribution in [-0.2, 0) is 10.5 Å². The van der Waals surface area contributed by atoms with Crippen LogP contribution in [-0.4, -0.2) is 18.4 Å². The van der Waals surface area contributed by atoms with Gasteiger partial charge in [-0.1, -0.05) is 34.1 Å². The van der Waals surface area contributed by atoms with Crippen LogP contribution in [0.1, 0.15) is 21.7 Å². The monoisotopic (exact) mass is 474 g/mol. The number of thiophene rings is 1. The molecule has 0 saturated heterocycles. The molecule has 0 unspecified atom stereocenters. The van der Waals surface area contributed by atoms with Gasteiger partial charge in [0.25, 0.3) is 5.91 Å². The molecule has 144 valence electrons. The fraction of sp³-hybridized carbons (Fsp3) is 0.143. The third-order valence-corrected chi connectivity index (χ3v) is 6.56. The summed E-state index contributed by atoms with van der Waals surface area (Å²) in [6.45, 7) is 0.283. The van der Waals surface area contributed by atoms with Gasteiger partial charge in [-0.15, -0.1) is 23.1 Å². The molecule has 1 heterocycles. The molecule has 0 aliphatic heterocycles. The van der Waals surface area contributed by atoms with Crippen LogP contribution in [0, 0.1) is 0 Å². The van der Waals surface area contributed by atoms with E-state index in [1.165, 1.54) is 4.88 Å². The molecule has 2 aromatic carbocycles. The van der Waals surface area contributed by atoms with Crippen molar-refractivity contribution in [2.75, 3.05) is 11.9 Å². The summed E-state index contributed by atoms with van der Waals surface area (Å²) in [7, 11) is 0. The Kier molecular flexibility index (Phi) is 7.71. The van der Waals surface area contributed by atoms with Crippen LogP contribution in [0.4, 0.5) is 5.69 Å². The highest BCUT2D eigenvalue weighted by Gasteiger charge is 2.12. The van der Waals surface area contributed by atoms with Crippen molar-refractivity contribution in [1.29, 1.82) is 0 Å². The largest absolute Gasteiger partial charge is 0.351 e. The summed E-state index contributed by atoms with van der Waals surface area (Å²) in [5, 5.41) is 7.71. The van der Waals surface area contributed by atoms with Gasteiger partial charge in [-0.05, 0) is 47.8 Å². The van der Waals surface area contributed by atoms with Gasteiger partial charge in [-0.25, -0.2) is 0 Å². The minimum absolute atomic E-state index is 0.136. The van der Waals surface area contributed by atoms with Crippen LogP contribution in [0.25, 0.3) is 0 Å². The van der Waals surface area contributed by atoms with Crippen molar-refractivity contribution in [1.82, 2.24) is 5.32 Å². The lowest BCUT2D eigenvalue weighted by atomic mass is 10.2. The van der Waals surface area contributed by atoms with Crippen LogP contribution in [0.3, 0.4) is 0 Å². The minimum atomic E-state index is -0.161. The third kappa shape index (κ3) is 6.22. The SMILES string of the molecule is O=C(CCNC(=O)c1ccccc1SCc1cccs1)Nc1ccc(Br)cc1. The predicted octanol–water partition coefficient (Wildman–Crippen LogP) is 5.56. The third-order valence-electron chi connectivity index (χ3n) is 3.85. The Bertz CT molecular complexity index is 928. The first kappa shape index (κ1) is 20.6. The second-order valence-corrected chi connectivity index (χ2v) is 8.89. The number of benzene rings is 2. The van der Waals surface area contributed by atoms with Crippen molar-refractivity contribution in [3.05, 3.63) is 81.0 Å². The van der Waals surface area contributed by atoms with E-state index in [9.17, 15) is 9.59 Å². The van der Waals surface area contributed by atoms with Crippen molar-refractivity contribution >= 4 is 56.5 Å². The van der Waals surface area contributed by atoms with E-state index in [2.05, 4.69) is 32.6 Å². The molecule has 0 spiro atoms. The van der Waals surface area contributed by atoms with Crippen molar-refractivity contribution in [3.63, 3.8) is 0 Å². The number of anilines is 1. The lowest BCUT2D eigenvalue weighted by Gasteiger charge is -2.10. The number of carbonyl (C=O) groups excluding carboxylic acids is 2. The van der Waals surface area contributed by atoms with Crippen LogP contribution in [0.5, 0.6) is 0 Å². The van der Waals surface area contributed by atoms with Crippen molar-refractivity contribution < 1.29 is 9.59 Å². The Hall–Kier alpha value is -2.09. The van der Waals surface area contributed by atoms with Crippen molar-refractivity contribution in [2.24, 2.45) is 0 Å². The van der Waals surface area contributed by atoms with Gasteiger partial charge in [0.2, 0.25) is 5.91 Å². The summed E-state index contributed by atoms with van der Waals surface area (Å²) in [4.78, 5) is 26.8. The second-order valence-electron chi connectivity index (χ2n) is 5.93. The van der Waals surface area contributed by atoms with Crippen LogP contribution >= 0.6 is 39.0 Å². The first-order valence-electron chi connectivity index (χ1n) is 8.69. The number of hydrogen-bond acceptors (Lipinski definition) is 4. The predicted molar refractivity (Wildman–Crippen MR) is 120 cm³/mol. The highest BCUT2D eigenvalue weighted by molar-refractivity contribution is 9.10. The molecule has 28 heavy (non-hydrogen) atoms. The van der Waals surface area contributed by atoms with Gasteiger partial charge in [-0.3, -0.25) is 9.59 Å². The van der Waals surface area contributed by atoms with E-state index in [-0.39, 0.29) is 24.8 Å². The van der Waals surface area contributed by atoms with E-state index >= 15 is 0 Å². The fourth-order valence-corrected chi connectivity index (χ4v) is 4.55. The highest BCUT2D eigenvalue weighted by Crippen LogP contribution is 2.27. The summed E-state index contributed by atoms with van der Waals surface area (Å²) < 4.78 is 0.952. The van der Waals surface area contributed by atoms with Gasteiger partial charge >= 0.3 is 0 Å². The molecule has 7 heteroatoms. The van der Waals surface area contributed by atoms with Gasteiger partial charge in [-0.2, -0.15) is 0 Å². The maximum absolute atomic E-state index is 12.5. The van der Waals surface area contributed by atoms with Crippen LogP contribution in [0.2, 0.25) is 0 Å². The summed E-state index contributed by atoms with van der Waals surface area (Å²) in [5.74, 6) is 0.533. The molecule has 1 aromatic heterocycles. The normalized spacial score (nSPS) is 10.5. The lowest BCUT2D eigenvalue weighted by Crippen LogP contribution is -2.28. The highest BCUT2D eigenvalue weighted by atomic mass is 79.9. The van der Waals surface area contributed by atoms with Gasteiger partial charge < -0.3 is 10.6 Å². The zero-order chi connectivity index (χ0) is 19.8. The zero-order valence-electron chi connectivity index (χ0n) is 15.0. The quantitative estimate of drug-likeness (QED) is 0.420. The molecule has 0 aliphatic rings. The summed E-state index contributed by atoms with van der Waals surface area (Å²) in [6, 6.07) is 19.0. The van der Waals surface area contributed by atoms with Gasteiger partial charge in [0, 0.05) is 38.7 Å². The number of thioether (sulfide) groups is 1. The number of carbonyl (C=O) groups is 2. The zero-order valence-corrected chi connectivity index (χ0v) is 18.2. The average Bonchev–Trinajstić information content (AvgIpc) is 3.22. The summed E-state index contributed by atoms with van der Waals surface area (Å²) in [5.41, 5.74) is 1.37. The maximum atomic E-state index is 12.5. The number of halogens is 1. The van der Waals surface area contributed by atoms with E-state index in [0.29, 0.717) is 5.56 Å². The molecule has 2 N–H and O–H groups in total. The molecular weight excluding hydrogens is 456 g/mol. The molecule has 0 saturated carbocycles. The van der Waals surface area contributed by atoms with Gasteiger partial charge in [0.1, 0.15) is 0 Å². The van der Waals surface area contributed by atoms with E-state index in [1.807, 2.05) is 60.0 Å². The number of hydrogen-bond donors (Lipinski definition) is 2. The van der Waals surface area contributed by atoms with Crippen molar-refractivity contribution in [3.8, 4) is 0 Å². The van der Waals surface area contributed by atoms with E-state index < -0.39 is 0 Å². The number of amides is 2. The van der Waals surface area contributed by atoms with Crippen LogP contribution in [0.15, 0.2) is 75.4 Å². The molecule has 0 fully saturated rings. The first-order chi connectivity index (χ1) is 13.6. The second kappa shape index (κ2) is 10.5. The van der Waals surface area contributed by atoms with Crippen LogP contribution < -0.4 is 10.6 Å². The molecular formula is C21H19BrN2O2S2. The molecule has 0 bridgehead atoms. The Labute approximate surface area is 180 Å². The summed E-state index contributed by atoms with van der Waals surface area (Å²) in [6.07, 6.45) is 0.215. The minimum Gasteiger partial charge on any atom is -0.351 e. The Morgan fingerprint density at radius 3 is 2.54 bits per heavy atom. The van der Waals surface area contributed by atoms with Crippen molar-refractivity contribution in [2.45, 2.75) is 17.1 Å². The molecule has 2 amide bonds. The van der Waals surface area contributed by atoms with E-state index in [1.54, 1.807) is 23.1 Å². The average molecular weight is 475 g/mol. The maximum Gasteiger partial charge on any atom is 0.252 e. The summed E-state index contributed by atoms with van der Waals surface area (Å²) >= 11 is 6.71. The Balaban J connectivity index is 1.49. The standard InChI is InChI=1S/C21H19BrN2O2S2/c22-15-7-9-16(10-8-15)24-20(25)11-12-23-21(26)18-5-1-2-6-19(18)28-14-17-4-3-13-27-17/h1-10,13H,11-12,14H2,(H,23,26)(H,24,25). The van der Waals surface area contributed by atoms with E-state index in [4.69, 9.17) is 0 Å². The Morgan fingerprint density at radius 1 is 1.00 bits per heavy atom.